The van der Waals surface area contributed by atoms with Crippen LogP contribution in [0.25, 0.3) is 0 Å². The first-order valence-electron chi connectivity index (χ1n) is 7.54. The number of ether oxygens (including phenoxy) is 1. The highest BCUT2D eigenvalue weighted by Crippen LogP contribution is 2.34. The Kier molecular flexibility index (Phi) is 5.49. The summed E-state index contributed by atoms with van der Waals surface area (Å²) in [6.07, 6.45) is 4.49. The summed E-state index contributed by atoms with van der Waals surface area (Å²) in [5.74, 6) is -0.690. The minimum Gasteiger partial charge on any atom is -0.481 e. The largest absolute Gasteiger partial charge is 0.481 e. The summed E-state index contributed by atoms with van der Waals surface area (Å²) in [5, 5.41) is 12.4. The second-order valence-corrected chi connectivity index (χ2v) is 5.70. The van der Waals surface area contributed by atoms with Gasteiger partial charge in [0, 0.05) is 46.2 Å². The SMILES string of the molecule is CNc1ncc(C(=O)N2CCC[C@@](CCOC)(C(=O)O)C2)cn1. The van der Waals surface area contributed by atoms with Crippen LogP contribution in [0.5, 0.6) is 0 Å². The maximum absolute atomic E-state index is 12.6. The van der Waals surface area contributed by atoms with Crippen molar-refractivity contribution >= 4 is 17.8 Å². The first kappa shape index (κ1) is 17.1. The van der Waals surface area contributed by atoms with Gasteiger partial charge in [0.1, 0.15) is 0 Å². The smallest absolute Gasteiger partial charge is 0.311 e. The third-order valence-corrected chi connectivity index (χ3v) is 4.22. The lowest BCUT2D eigenvalue weighted by atomic mass is 9.77. The Bertz CT molecular complexity index is 563. The third kappa shape index (κ3) is 3.76. The monoisotopic (exact) mass is 322 g/mol. The number of hydrogen-bond donors (Lipinski definition) is 2. The van der Waals surface area contributed by atoms with Crippen molar-refractivity contribution in [2.24, 2.45) is 5.41 Å². The van der Waals surface area contributed by atoms with Crippen LogP contribution in [-0.4, -0.2) is 65.7 Å². The molecule has 0 unspecified atom stereocenters. The molecule has 2 N–H and O–H groups in total. The highest BCUT2D eigenvalue weighted by Gasteiger charge is 2.43. The average Bonchev–Trinajstić information content (AvgIpc) is 2.59. The second kappa shape index (κ2) is 7.36. The number of carbonyl (C=O) groups excluding carboxylic acids is 1. The fraction of sp³-hybridized carbons (Fsp3) is 0.600. The molecular formula is C15H22N4O4. The van der Waals surface area contributed by atoms with Gasteiger partial charge in [-0.1, -0.05) is 0 Å². The number of nitrogens with one attached hydrogen (secondary N) is 1. The van der Waals surface area contributed by atoms with Gasteiger partial charge in [0.25, 0.3) is 5.91 Å². The van der Waals surface area contributed by atoms with Crippen molar-refractivity contribution in [3.05, 3.63) is 18.0 Å². The Morgan fingerprint density at radius 3 is 2.70 bits per heavy atom. The molecule has 1 amide bonds. The Hall–Kier alpha value is -2.22. The van der Waals surface area contributed by atoms with Gasteiger partial charge in [0.15, 0.2) is 0 Å². The molecular weight excluding hydrogens is 300 g/mol. The number of aliphatic carboxylic acids is 1. The van der Waals surface area contributed by atoms with Crippen molar-refractivity contribution < 1.29 is 19.4 Å². The van der Waals surface area contributed by atoms with Crippen LogP contribution in [0.4, 0.5) is 5.95 Å². The number of methoxy groups -OCH3 is 1. The van der Waals surface area contributed by atoms with E-state index in [-0.39, 0.29) is 12.5 Å². The van der Waals surface area contributed by atoms with E-state index in [4.69, 9.17) is 4.74 Å². The van der Waals surface area contributed by atoms with Gasteiger partial charge in [-0.25, -0.2) is 9.97 Å². The molecule has 0 aromatic carbocycles. The van der Waals surface area contributed by atoms with E-state index in [0.717, 1.165) is 0 Å². The number of carboxylic acid groups (broad SMARTS) is 1. The number of aromatic nitrogens is 2. The Morgan fingerprint density at radius 2 is 2.13 bits per heavy atom. The summed E-state index contributed by atoms with van der Waals surface area (Å²) in [4.78, 5) is 34.0. The minimum absolute atomic E-state index is 0.179. The van der Waals surface area contributed by atoms with Crippen LogP contribution in [0.3, 0.4) is 0 Å². The molecule has 8 heteroatoms. The van der Waals surface area contributed by atoms with E-state index in [9.17, 15) is 14.7 Å². The van der Waals surface area contributed by atoms with E-state index < -0.39 is 11.4 Å². The maximum atomic E-state index is 12.6. The molecule has 1 aliphatic rings. The molecule has 1 atom stereocenters. The molecule has 1 saturated heterocycles. The molecule has 2 heterocycles. The third-order valence-electron chi connectivity index (χ3n) is 4.22. The maximum Gasteiger partial charge on any atom is 0.311 e. The number of anilines is 1. The van der Waals surface area contributed by atoms with Crippen molar-refractivity contribution in [2.45, 2.75) is 19.3 Å². The fourth-order valence-corrected chi connectivity index (χ4v) is 2.84. The number of hydrogen-bond acceptors (Lipinski definition) is 6. The zero-order chi connectivity index (χ0) is 16.9. The molecule has 0 spiro atoms. The van der Waals surface area contributed by atoms with E-state index in [1.807, 2.05) is 0 Å². The molecule has 1 fully saturated rings. The molecule has 0 radical (unpaired) electrons. The Labute approximate surface area is 134 Å². The number of carbonyl (C=O) groups is 2. The molecule has 126 valence electrons. The first-order valence-corrected chi connectivity index (χ1v) is 7.54. The predicted octanol–water partition coefficient (Wildman–Crippen LogP) is 0.862. The molecule has 0 saturated carbocycles. The molecule has 1 aromatic heterocycles. The summed E-state index contributed by atoms with van der Waals surface area (Å²) >= 11 is 0. The van der Waals surface area contributed by atoms with Gasteiger partial charge >= 0.3 is 5.97 Å². The molecule has 23 heavy (non-hydrogen) atoms. The van der Waals surface area contributed by atoms with E-state index in [2.05, 4.69) is 15.3 Å². The summed E-state index contributed by atoms with van der Waals surface area (Å²) in [6.45, 7) is 1.07. The van der Waals surface area contributed by atoms with E-state index in [1.165, 1.54) is 12.4 Å². The number of rotatable bonds is 6. The van der Waals surface area contributed by atoms with Crippen LogP contribution < -0.4 is 5.32 Å². The zero-order valence-electron chi connectivity index (χ0n) is 13.4. The molecule has 0 bridgehead atoms. The predicted molar refractivity (Wildman–Crippen MR) is 83.3 cm³/mol. The van der Waals surface area contributed by atoms with Crippen molar-refractivity contribution in [2.75, 3.05) is 39.2 Å². The minimum atomic E-state index is -0.949. The Morgan fingerprint density at radius 1 is 1.43 bits per heavy atom. The molecule has 2 rings (SSSR count). The number of carboxylic acids is 1. The van der Waals surface area contributed by atoms with Gasteiger partial charge in [-0.2, -0.15) is 0 Å². The van der Waals surface area contributed by atoms with Crippen molar-refractivity contribution in [3.8, 4) is 0 Å². The Balaban J connectivity index is 2.14. The van der Waals surface area contributed by atoms with Crippen LogP contribution in [-0.2, 0) is 9.53 Å². The van der Waals surface area contributed by atoms with Gasteiger partial charge in [0.05, 0.1) is 11.0 Å². The molecule has 1 aromatic rings. The standard InChI is InChI=1S/C15H22N4O4/c1-16-14-17-8-11(9-18-14)12(20)19-6-3-4-15(10-19,13(21)22)5-7-23-2/h8-9H,3-7,10H2,1-2H3,(H,21,22)(H,16,17,18)/t15-/m0/s1. The number of likely N-dealkylation sites (tertiary alicyclic amines) is 1. The van der Waals surface area contributed by atoms with Crippen LogP contribution in [0.15, 0.2) is 12.4 Å². The van der Waals surface area contributed by atoms with Crippen LogP contribution in [0.1, 0.15) is 29.6 Å². The van der Waals surface area contributed by atoms with Crippen molar-refractivity contribution in [1.29, 1.82) is 0 Å². The van der Waals surface area contributed by atoms with Gasteiger partial charge in [-0.3, -0.25) is 9.59 Å². The van der Waals surface area contributed by atoms with Crippen LogP contribution in [0, 0.1) is 5.41 Å². The number of piperidine rings is 1. The summed E-state index contributed by atoms with van der Waals surface area (Å²) in [7, 11) is 3.24. The molecule has 1 aliphatic heterocycles. The lowest BCUT2D eigenvalue weighted by Crippen LogP contribution is -2.50. The summed E-state index contributed by atoms with van der Waals surface area (Å²) in [6, 6.07) is 0. The zero-order valence-corrected chi connectivity index (χ0v) is 13.4. The summed E-state index contributed by atoms with van der Waals surface area (Å²) in [5.41, 5.74) is -0.590. The normalized spacial score (nSPS) is 21.0. The highest BCUT2D eigenvalue weighted by molar-refractivity contribution is 5.94. The summed E-state index contributed by atoms with van der Waals surface area (Å²) < 4.78 is 5.03. The number of nitrogens with zero attached hydrogens (tertiary/aromatic N) is 3. The molecule has 8 nitrogen and oxygen atoms in total. The number of amides is 1. The van der Waals surface area contributed by atoms with Crippen LogP contribution in [0.2, 0.25) is 0 Å². The quantitative estimate of drug-likeness (QED) is 0.800. The van der Waals surface area contributed by atoms with Gasteiger partial charge in [-0.05, 0) is 19.3 Å². The van der Waals surface area contributed by atoms with E-state index in [0.29, 0.717) is 43.9 Å². The average molecular weight is 322 g/mol. The lowest BCUT2D eigenvalue weighted by Gasteiger charge is -2.39. The topological polar surface area (TPSA) is 105 Å². The van der Waals surface area contributed by atoms with Crippen LogP contribution >= 0.6 is 0 Å². The van der Waals surface area contributed by atoms with E-state index in [1.54, 1.807) is 19.1 Å². The van der Waals surface area contributed by atoms with Gasteiger partial charge in [0.2, 0.25) is 5.95 Å². The van der Waals surface area contributed by atoms with E-state index >= 15 is 0 Å². The lowest BCUT2D eigenvalue weighted by molar-refractivity contribution is -0.153. The second-order valence-electron chi connectivity index (χ2n) is 5.70. The van der Waals surface area contributed by atoms with Crippen molar-refractivity contribution in [3.63, 3.8) is 0 Å². The van der Waals surface area contributed by atoms with Crippen molar-refractivity contribution in [1.82, 2.24) is 14.9 Å². The highest BCUT2D eigenvalue weighted by atomic mass is 16.5. The molecule has 0 aliphatic carbocycles. The fourth-order valence-electron chi connectivity index (χ4n) is 2.84. The first-order chi connectivity index (χ1) is 11.0. The van der Waals surface area contributed by atoms with Gasteiger partial charge < -0.3 is 20.1 Å². The van der Waals surface area contributed by atoms with Gasteiger partial charge in [-0.15, -0.1) is 0 Å².